The lowest BCUT2D eigenvalue weighted by Crippen LogP contribution is -2.34. The van der Waals surface area contributed by atoms with Gasteiger partial charge < -0.3 is 24.4 Å². The summed E-state index contributed by atoms with van der Waals surface area (Å²) in [5.41, 5.74) is 1.60. The van der Waals surface area contributed by atoms with Crippen LogP contribution in [0.1, 0.15) is 34.5 Å². The number of likely N-dealkylation sites (N-methyl/N-ethyl adjacent to an activating group) is 1. The highest BCUT2D eigenvalue weighted by atomic mass is 16.6. The van der Waals surface area contributed by atoms with Gasteiger partial charge in [0.05, 0.1) is 32.3 Å². The summed E-state index contributed by atoms with van der Waals surface area (Å²) in [4.78, 5) is 26.0. The molecular weight excluding hydrogens is 402 g/mol. The first-order valence-electron chi connectivity index (χ1n) is 9.79. The Morgan fingerprint density at radius 1 is 1.10 bits per heavy atom. The minimum absolute atomic E-state index is 0.0513. The van der Waals surface area contributed by atoms with Crippen molar-refractivity contribution in [3.05, 3.63) is 57.1 Å². The monoisotopic (exact) mass is 431 g/mol. The summed E-state index contributed by atoms with van der Waals surface area (Å²) >= 11 is 0. The Morgan fingerprint density at radius 2 is 1.71 bits per heavy atom. The molecule has 0 aliphatic heterocycles. The molecule has 1 atom stereocenters. The summed E-state index contributed by atoms with van der Waals surface area (Å²) < 4.78 is 15.6. The molecule has 0 saturated carbocycles. The smallest absolute Gasteiger partial charge is 0.327 e. The van der Waals surface area contributed by atoms with Gasteiger partial charge in [-0.1, -0.05) is 31.2 Å². The molecule has 0 heterocycles. The van der Waals surface area contributed by atoms with Crippen molar-refractivity contribution < 1.29 is 23.9 Å². The molecule has 9 heteroatoms. The van der Waals surface area contributed by atoms with Gasteiger partial charge in [0, 0.05) is 12.6 Å². The number of methoxy groups -OCH3 is 3. The van der Waals surface area contributed by atoms with Crippen molar-refractivity contribution in [1.29, 1.82) is 0 Å². The molecule has 0 aliphatic rings. The third-order valence-electron chi connectivity index (χ3n) is 5.08. The largest absolute Gasteiger partial charge is 0.493 e. The van der Waals surface area contributed by atoms with Crippen LogP contribution in [0.4, 0.5) is 5.69 Å². The van der Waals surface area contributed by atoms with Gasteiger partial charge in [0.2, 0.25) is 11.5 Å². The zero-order valence-corrected chi connectivity index (χ0v) is 18.7. The first-order valence-corrected chi connectivity index (χ1v) is 9.79. The van der Waals surface area contributed by atoms with E-state index in [0.717, 1.165) is 12.0 Å². The average Bonchev–Trinajstić information content (AvgIpc) is 2.77. The van der Waals surface area contributed by atoms with E-state index in [1.54, 1.807) is 0 Å². The maximum Gasteiger partial charge on any atom is 0.327 e. The number of hydrogen-bond donors (Lipinski definition) is 1. The highest BCUT2D eigenvalue weighted by Gasteiger charge is 2.32. The summed E-state index contributed by atoms with van der Waals surface area (Å²) in [6.45, 7) is 2.34. The Balaban J connectivity index is 2.37. The first kappa shape index (κ1) is 23.9. The second kappa shape index (κ2) is 10.6. The lowest BCUT2D eigenvalue weighted by molar-refractivity contribution is -0.386. The number of amides is 1. The summed E-state index contributed by atoms with van der Waals surface area (Å²) in [5, 5.41) is 14.5. The average molecular weight is 431 g/mol. The van der Waals surface area contributed by atoms with Crippen LogP contribution in [0.15, 0.2) is 30.3 Å². The topological polar surface area (TPSA) is 103 Å². The molecule has 1 N–H and O–H groups in total. The molecule has 2 rings (SSSR count). The predicted octanol–water partition coefficient (Wildman–Crippen LogP) is 3.22. The van der Waals surface area contributed by atoms with Gasteiger partial charge in [-0.2, -0.15) is 0 Å². The van der Waals surface area contributed by atoms with E-state index in [2.05, 4.69) is 24.4 Å². The fourth-order valence-corrected chi connectivity index (χ4v) is 3.35. The molecular formula is C22H29N3O6. The van der Waals surface area contributed by atoms with Crippen molar-refractivity contribution in [3.63, 3.8) is 0 Å². The molecule has 1 amide bonds. The van der Waals surface area contributed by atoms with E-state index < -0.39 is 16.5 Å². The number of ether oxygens (including phenoxy) is 3. The quantitative estimate of drug-likeness (QED) is 0.455. The van der Waals surface area contributed by atoms with E-state index >= 15 is 0 Å². The molecule has 0 aromatic heterocycles. The minimum Gasteiger partial charge on any atom is -0.493 e. The van der Waals surface area contributed by atoms with Crippen molar-refractivity contribution in [2.24, 2.45) is 0 Å². The maximum absolute atomic E-state index is 13.0. The van der Waals surface area contributed by atoms with Crippen LogP contribution in [0, 0.1) is 10.1 Å². The third kappa shape index (κ3) is 5.24. The van der Waals surface area contributed by atoms with E-state index in [9.17, 15) is 14.9 Å². The Kier molecular flexibility index (Phi) is 8.21. The van der Waals surface area contributed by atoms with Gasteiger partial charge in [0.15, 0.2) is 5.75 Å². The Hall–Kier alpha value is -3.33. The van der Waals surface area contributed by atoms with E-state index in [1.165, 1.54) is 33.0 Å². The van der Waals surface area contributed by atoms with Gasteiger partial charge in [-0.05, 0) is 31.6 Å². The van der Waals surface area contributed by atoms with Crippen LogP contribution in [0.2, 0.25) is 0 Å². The molecule has 0 radical (unpaired) electrons. The first-order chi connectivity index (χ1) is 14.8. The maximum atomic E-state index is 13.0. The van der Waals surface area contributed by atoms with Crippen LogP contribution >= 0.6 is 0 Å². The summed E-state index contributed by atoms with van der Waals surface area (Å²) in [5.74, 6) is -0.566. The van der Waals surface area contributed by atoms with Gasteiger partial charge in [-0.3, -0.25) is 14.9 Å². The molecule has 31 heavy (non-hydrogen) atoms. The second-order valence-corrected chi connectivity index (χ2v) is 7.08. The van der Waals surface area contributed by atoms with E-state index in [1.807, 2.05) is 31.1 Å². The fourth-order valence-electron chi connectivity index (χ4n) is 3.35. The Labute approximate surface area is 182 Å². The van der Waals surface area contributed by atoms with Gasteiger partial charge in [0.25, 0.3) is 5.91 Å². The summed E-state index contributed by atoms with van der Waals surface area (Å²) in [6.07, 6.45) is 0.939. The molecule has 168 valence electrons. The highest BCUT2D eigenvalue weighted by molar-refractivity contribution is 6.00. The number of carbonyl (C=O) groups excluding carboxylic acids is 1. The number of nitrogens with zero attached hydrogens (tertiary/aromatic N) is 2. The third-order valence-corrected chi connectivity index (χ3v) is 5.08. The number of carbonyl (C=O) groups is 1. The van der Waals surface area contributed by atoms with Gasteiger partial charge in [-0.15, -0.1) is 0 Å². The number of hydrogen-bond acceptors (Lipinski definition) is 7. The molecule has 9 nitrogen and oxygen atoms in total. The zero-order chi connectivity index (χ0) is 23.1. The van der Waals surface area contributed by atoms with E-state index in [0.29, 0.717) is 0 Å². The SMILES string of the molecule is CCc1ccc([C@@H](CNC(=O)c2cc(OC)c(OC)c(OC)c2[N+](=O)[O-])N(C)C)cc1. The van der Waals surface area contributed by atoms with Gasteiger partial charge >= 0.3 is 5.69 Å². The molecule has 2 aromatic rings. The molecule has 0 aliphatic carbocycles. The number of nitrogens with one attached hydrogen (secondary N) is 1. The molecule has 0 spiro atoms. The van der Waals surface area contributed by atoms with Crippen LogP contribution < -0.4 is 19.5 Å². The molecule has 2 aromatic carbocycles. The predicted molar refractivity (Wildman–Crippen MR) is 117 cm³/mol. The van der Waals surface area contributed by atoms with E-state index in [4.69, 9.17) is 14.2 Å². The molecule has 0 unspecified atom stereocenters. The number of nitro groups is 1. The van der Waals surface area contributed by atoms with Crippen molar-refractivity contribution in [2.45, 2.75) is 19.4 Å². The number of nitro benzene ring substituents is 1. The standard InChI is InChI=1S/C22H29N3O6/c1-7-14-8-10-15(11-9-14)17(24(2)3)13-23-22(26)16-12-18(29-4)20(30-5)21(31-6)19(16)25(27)28/h8-12,17H,7,13H2,1-6H3,(H,23,26)/t17-/m1/s1. The van der Waals surface area contributed by atoms with Crippen molar-refractivity contribution in [2.75, 3.05) is 42.0 Å². The summed E-state index contributed by atoms with van der Waals surface area (Å²) in [6, 6.07) is 9.33. The zero-order valence-electron chi connectivity index (χ0n) is 18.7. The molecule has 0 fully saturated rings. The number of aryl methyl sites for hydroxylation is 1. The lowest BCUT2D eigenvalue weighted by atomic mass is 10.0. The Morgan fingerprint density at radius 3 is 2.16 bits per heavy atom. The van der Waals surface area contributed by atoms with Crippen LogP contribution in [0.25, 0.3) is 0 Å². The van der Waals surface area contributed by atoms with Gasteiger partial charge in [0.1, 0.15) is 5.56 Å². The van der Waals surface area contributed by atoms with Crippen molar-refractivity contribution in [3.8, 4) is 17.2 Å². The number of rotatable bonds is 10. The minimum atomic E-state index is -0.664. The Bertz CT molecular complexity index is 928. The van der Waals surface area contributed by atoms with Crippen molar-refractivity contribution >= 4 is 11.6 Å². The van der Waals surface area contributed by atoms with Gasteiger partial charge in [-0.25, -0.2) is 0 Å². The molecule has 0 saturated heterocycles. The normalized spacial score (nSPS) is 11.7. The van der Waals surface area contributed by atoms with Crippen molar-refractivity contribution in [1.82, 2.24) is 10.2 Å². The van der Waals surface area contributed by atoms with Crippen LogP contribution in [-0.4, -0.2) is 57.7 Å². The highest BCUT2D eigenvalue weighted by Crippen LogP contribution is 2.46. The fraction of sp³-hybridized carbons (Fsp3) is 0.409. The lowest BCUT2D eigenvalue weighted by Gasteiger charge is -2.25. The van der Waals surface area contributed by atoms with Crippen LogP contribution in [0.5, 0.6) is 17.2 Å². The number of benzene rings is 2. The van der Waals surface area contributed by atoms with Crippen LogP contribution in [0.3, 0.4) is 0 Å². The summed E-state index contributed by atoms with van der Waals surface area (Å²) in [7, 11) is 7.81. The van der Waals surface area contributed by atoms with Crippen LogP contribution in [-0.2, 0) is 6.42 Å². The van der Waals surface area contributed by atoms with E-state index in [-0.39, 0.29) is 35.4 Å². The molecule has 0 bridgehead atoms. The second-order valence-electron chi connectivity index (χ2n) is 7.08.